The van der Waals surface area contributed by atoms with Crippen LogP contribution in [0.15, 0.2) is 59.0 Å². The average Bonchev–Trinajstić information content (AvgIpc) is 2.62. The maximum Gasteiger partial charge on any atom is 0.183 e. The van der Waals surface area contributed by atoms with E-state index in [1.54, 1.807) is 24.8 Å². The first kappa shape index (κ1) is 15.9. The summed E-state index contributed by atoms with van der Waals surface area (Å²) in [6.45, 7) is 0.703. The average molecular weight is 320 g/mol. The van der Waals surface area contributed by atoms with Crippen LogP contribution in [-0.2, 0) is 22.7 Å². The number of hydrogen-bond donors (Lipinski definition) is 0. The van der Waals surface area contributed by atoms with Crippen LogP contribution in [0.25, 0.3) is 0 Å². The minimum Gasteiger partial charge on any atom is -0.292 e. The van der Waals surface area contributed by atoms with E-state index < -0.39 is 0 Å². The highest BCUT2D eigenvalue weighted by atomic mass is 16.1. The molecule has 1 aliphatic carbocycles. The van der Waals surface area contributed by atoms with Crippen LogP contribution in [0, 0.1) is 0 Å². The van der Waals surface area contributed by atoms with E-state index in [1.807, 2.05) is 24.3 Å². The maximum absolute atomic E-state index is 12.2. The molecular formula is C18H16N4O2. The van der Waals surface area contributed by atoms with E-state index in [0.29, 0.717) is 24.5 Å². The van der Waals surface area contributed by atoms with E-state index in [4.69, 9.17) is 0 Å². The molecule has 6 heteroatoms. The zero-order valence-corrected chi connectivity index (χ0v) is 13.1. The minimum atomic E-state index is -0.136. The molecule has 1 saturated carbocycles. The summed E-state index contributed by atoms with van der Waals surface area (Å²) in [5, 5.41) is 0. The minimum absolute atomic E-state index is 0.0188. The number of aromatic nitrogens is 2. The molecule has 0 spiro atoms. The van der Waals surface area contributed by atoms with Gasteiger partial charge in [-0.15, -0.1) is 0 Å². The third-order valence-corrected chi connectivity index (χ3v) is 3.65. The molecule has 3 rings (SSSR count). The van der Waals surface area contributed by atoms with Crippen molar-refractivity contribution in [2.75, 3.05) is 0 Å². The molecule has 1 aliphatic rings. The van der Waals surface area contributed by atoms with Crippen molar-refractivity contribution in [3.8, 4) is 0 Å². The van der Waals surface area contributed by atoms with Gasteiger partial charge in [0.2, 0.25) is 0 Å². The van der Waals surface area contributed by atoms with Gasteiger partial charge >= 0.3 is 0 Å². The fraction of sp³-hybridized carbons (Fsp3) is 0.222. The maximum atomic E-state index is 12.2. The Bertz CT molecular complexity index is 729. The predicted molar refractivity (Wildman–Crippen MR) is 90.0 cm³/mol. The van der Waals surface area contributed by atoms with Crippen LogP contribution in [0.3, 0.4) is 0 Å². The molecule has 0 atom stereocenters. The number of aliphatic imine (C=N–C) groups is 2. The number of rotatable bonds is 4. The fourth-order valence-corrected chi connectivity index (χ4v) is 2.35. The van der Waals surface area contributed by atoms with Gasteiger partial charge in [-0.1, -0.05) is 12.1 Å². The normalized spacial score (nSPS) is 18.3. The second-order valence-electron chi connectivity index (χ2n) is 5.45. The third-order valence-electron chi connectivity index (χ3n) is 3.65. The van der Waals surface area contributed by atoms with Gasteiger partial charge in [0.05, 0.1) is 37.4 Å². The second kappa shape index (κ2) is 7.50. The lowest BCUT2D eigenvalue weighted by molar-refractivity contribution is -0.116. The molecule has 6 nitrogen and oxygen atoms in total. The van der Waals surface area contributed by atoms with Crippen molar-refractivity contribution in [1.29, 1.82) is 0 Å². The van der Waals surface area contributed by atoms with Gasteiger partial charge in [0.1, 0.15) is 0 Å². The van der Waals surface area contributed by atoms with Gasteiger partial charge in [0.25, 0.3) is 0 Å². The van der Waals surface area contributed by atoms with Crippen LogP contribution in [0.2, 0.25) is 0 Å². The highest BCUT2D eigenvalue weighted by Gasteiger charge is 2.28. The molecule has 0 unspecified atom stereocenters. The highest BCUT2D eigenvalue weighted by molar-refractivity contribution is 6.60. The number of Topliss-reactive ketones (excluding diaryl/α,β-unsaturated/α-hetero) is 2. The lowest BCUT2D eigenvalue weighted by atomic mass is 9.93. The Kier molecular flexibility index (Phi) is 4.96. The van der Waals surface area contributed by atoms with Crippen molar-refractivity contribution in [2.24, 2.45) is 9.98 Å². The monoisotopic (exact) mass is 320 g/mol. The Morgan fingerprint density at radius 1 is 0.792 bits per heavy atom. The molecule has 24 heavy (non-hydrogen) atoms. The standard InChI is InChI=1S/C18H16N4O2/c23-17-8-16(22-12-14-4-2-6-20-10-14)18(24)7-15(17)21-11-13-3-1-5-19-9-13/h1-6,9-10H,7-8,11-12H2. The van der Waals surface area contributed by atoms with Crippen LogP contribution in [0.4, 0.5) is 0 Å². The van der Waals surface area contributed by atoms with E-state index in [2.05, 4.69) is 20.0 Å². The summed E-state index contributed by atoms with van der Waals surface area (Å²) in [5.41, 5.74) is 2.45. The molecule has 0 aromatic carbocycles. The van der Waals surface area contributed by atoms with Crippen LogP contribution < -0.4 is 0 Å². The first-order chi connectivity index (χ1) is 11.7. The van der Waals surface area contributed by atoms with Gasteiger partial charge in [0, 0.05) is 24.8 Å². The Morgan fingerprint density at radius 3 is 1.62 bits per heavy atom. The summed E-state index contributed by atoms with van der Waals surface area (Å²) in [4.78, 5) is 40.9. The van der Waals surface area contributed by atoms with Crippen molar-refractivity contribution in [1.82, 2.24) is 9.97 Å². The summed E-state index contributed by atoms with van der Waals surface area (Å²) in [6, 6.07) is 7.39. The van der Waals surface area contributed by atoms with Crippen molar-refractivity contribution < 1.29 is 9.59 Å². The lowest BCUT2D eigenvalue weighted by Gasteiger charge is -2.13. The summed E-state index contributed by atoms with van der Waals surface area (Å²) in [7, 11) is 0. The zero-order chi connectivity index (χ0) is 16.8. The van der Waals surface area contributed by atoms with Crippen molar-refractivity contribution in [3.05, 3.63) is 60.2 Å². The predicted octanol–water partition coefficient (Wildman–Crippen LogP) is 1.99. The van der Waals surface area contributed by atoms with E-state index >= 15 is 0 Å². The quantitative estimate of drug-likeness (QED) is 0.862. The number of nitrogens with zero attached hydrogens (tertiary/aromatic N) is 4. The number of carbonyl (C=O) groups is 2. The SMILES string of the molecule is O=C1CC(=NCc2cccnc2)C(=O)CC1=NCc1cccnc1. The molecule has 0 bridgehead atoms. The van der Waals surface area contributed by atoms with Crippen molar-refractivity contribution in [3.63, 3.8) is 0 Å². The van der Waals surface area contributed by atoms with E-state index in [9.17, 15) is 9.59 Å². The Morgan fingerprint density at radius 2 is 1.25 bits per heavy atom. The van der Waals surface area contributed by atoms with Crippen molar-refractivity contribution >= 4 is 23.0 Å². The smallest absolute Gasteiger partial charge is 0.183 e. The van der Waals surface area contributed by atoms with Crippen LogP contribution >= 0.6 is 0 Å². The second-order valence-corrected chi connectivity index (χ2v) is 5.45. The molecule has 2 aromatic heterocycles. The highest BCUT2D eigenvalue weighted by Crippen LogP contribution is 2.11. The molecule has 0 aliphatic heterocycles. The molecule has 2 heterocycles. The summed E-state index contributed by atoms with van der Waals surface area (Å²) < 4.78 is 0. The molecular weight excluding hydrogens is 304 g/mol. The first-order valence-corrected chi connectivity index (χ1v) is 7.63. The van der Waals surface area contributed by atoms with Gasteiger partial charge in [-0.25, -0.2) is 0 Å². The number of hydrogen-bond acceptors (Lipinski definition) is 6. The zero-order valence-electron chi connectivity index (χ0n) is 13.1. The first-order valence-electron chi connectivity index (χ1n) is 7.63. The topological polar surface area (TPSA) is 84.6 Å². The number of ketones is 2. The summed E-state index contributed by atoms with van der Waals surface area (Å²) in [6.07, 6.45) is 6.78. The Hall–Kier alpha value is -3.02. The van der Waals surface area contributed by atoms with Gasteiger partial charge in [-0.05, 0) is 23.3 Å². The van der Waals surface area contributed by atoms with Gasteiger partial charge in [-0.2, -0.15) is 0 Å². The van der Waals surface area contributed by atoms with Crippen LogP contribution in [0.1, 0.15) is 24.0 Å². The number of pyridine rings is 2. The molecule has 1 fully saturated rings. The summed E-state index contributed by atoms with van der Waals surface area (Å²) in [5.74, 6) is -0.271. The Balaban J connectivity index is 1.66. The van der Waals surface area contributed by atoms with Crippen LogP contribution in [-0.4, -0.2) is 33.0 Å². The molecule has 2 aromatic rings. The largest absolute Gasteiger partial charge is 0.292 e. The van der Waals surface area contributed by atoms with Gasteiger partial charge in [0.15, 0.2) is 11.6 Å². The van der Waals surface area contributed by atoms with E-state index in [-0.39, 0.29) is 24.4 Å². The van der Waals surface area contributed by atoms with E-state index in [0.717, 1.165) is 11.1 Å². The van der Waals surface area contributed by atoms with Crippen LogP contribution in [0.5, 0.6) is 0 Å². The fourth-order valence-electron chi connectivity index (χ4n) is 2.35. The Labute approximate surface area is 139 Å². The third kappa shape index (κ3) is 4.04. The van der Waals surface area contributed by atoms with Gasteiger partial charge in [-0.3, -0.25) is 29.5 Å². The molecule has 0 N–H and O–H groups in total. The molecule has 0 amide bonds. The summed E-state index contributed by atoms with van der Waals surface area (Å²) >= 11 is 0. The molecule has 0 radical (unpaired) electrons. The van der Waals surface area contributed by atoms with Crippen molar-refractivity contribution in [2.45, 2.75) is 25.9 Å². The number of carbonyl (C=O) groups excluding carboxylic acids is 2. The lowest BCUT2D eigenvalue weighted by Crippen LogP contribution is -2.33. The van der Waals surface area contributed by atoms with Gasteiger partial charge < -0.3 is 0 Å². The molecule has 0 saturated heterocycles. The molecule has 120 valence electrons. The van der Waals surface area contributed by atoms with E-state index in [1.165, 1.54) is 0 Å².